The highest BCUT2D eigenvalue weighted by molar-refractivity contribution is 8.00. The third-order valence-electron chi connectivity index (χ3n) is 2.44. The molecule has 1 heterocycles. The van der Waals surface area contributed by atoms with Crippen molar-refractivity contribution in [3.8, 4) is 0 Å². The molecule has 1 aromatic rings. The van der Waals surface area contributed by atoms with Gasteiger partial charge in [0.15, 0.2) is 0 Å². The molecule has 4 nitrogen and oxygen atoms in total. The first kappa shape index (κ1) is 13.2. The van der Waals surface area contributed by atoms with Gasteiger partial charge < -0.3 is 10.1 Å². The van der Waals surface area contributed by atoms with Gasteiger partial charge in [-0.1, -0.05) is 17.7 Å². The van der Waals surface area contributed by atoms with Crippen LogP contribution in [0.5, 0.6) is 0 Å². The predicted molar refractivity (Wildman–Crippen MR) is 69.7 cm³/mol. The third-order valence-corrected chi connectivity index (χ3v) is 3.67. The van der Waals surface area contributed by atoms with Crippen LogP contribution in [0.4, 0.5) is 0 Å². The lowest BCUT2D eigenvalue weighted by atomic mass is 10.2. The highest BCUT2D eigenvalue weighted by atomic mass is 35.5. The van der Waals surface area contributed by atoms with E-state index < -0.39 is 6.04 Å². The average molecular weight is 286 g/mol. The Bertz CT molecular complexity index is 466. The Morgan fingerprint density at radius 2 is 2.39 bits per heavy atom. The number of carbonyl (C=O) groups is 2. The van der Waals surface area contributed by atoms with Gasteiger partial charge in [-0.3, -0.25) is 4.79 Å². The fraction of sp³-hybridized carbons (Fsp3) is 0.333. The van der Waals surface area contributed by atoms with E-state index in [9.17, 15) is 9.59 Å². The fourth-order valence-corrected chi connectivity index (χ4v) is 2.59. The van der Waals surface area contributed by atoms with Crippen molar-refractivity contribution in [2.24, 2.45) is 0 Å². The van der Waals surface area contributed by atoms with Crippen LogP contribution in [0.2, 0.25) is 5.02 Å². The van der Waals surface area contributed by atoms with E-state index in [1.54, 1.807) is 12.1 Å². The molecule has 0 aliphatic carbocycles. The second-order valence-corrected chi connectivity index (χ2v) is 5.31. The first-order valence-corrected chi connectivity index (χ1v) is 6.86. The van der Waals surface area contributed by atoms with E-state index in [4.69, 9.17) is 16.3 Å². The largest absolute Gasteiger partial charge is 0.464 e. The zero-order valence-corrected chi connectivity index (χ0v) is 11.1. The minimum absolute atomic E-state index is 0.177. The quantitative estimate of drug-likeness (QED) is 0.678. The van der Waals surface area contributed by atoms with Crippen molar-refractivity contribution in [1.82, 2.24) is 5.32 Å². The van der Waals surface area contributed by atoms with Crippen LogP contribution in [-0.2, 0) is 14.3 Å². The highest BCUT2D eigenvalue weighted by Crippen LogP contribution is 2.21. The SMILES string of the molecule is O=C(CSc1cccc(Cl)c1)NC1CCOC1=O. The number of rotatable bonds is 4. The standard InChI is InChI=1S/C12H12ClNO3S/c13-8-2-1-3-9(6-8)18-7-11(15)14-10-4-5-17-12(10)16/h1-3,6,10H,4-5,7H2,(H,14,15). The number of esters is 1. The molecule has 0 bridgehead atoms. The Morgan fingerprint density at radius 3 is 3.06 bits per heavy atom. The number of halogens is 1. The van der Waals surface area contributed by atoms with Gasteiger partial charge in [0.05, 0.1) is 12.4 Å². The average Bonchev–Trinajstić information content (AvgIpc) is 2.73. The van der Waals surface area contributed by atoms with Gasteiger partial charge in [0.2, 0.25) is 5.91 Å². The first-order chi connectivity index (χ1) is 8.65. The van der Waals surface area contributed by atoms with Crippen molar-refractivity contribution in [1.29, 1.82) is 0 Å². The van der Waals surface area contributed by atoms with Crippen molar-refractivity contribution >= 4 is 35.2 Å². The van der Waals surface area contributed by atoms with Crippen LogP contribution in [0, 0.1) is 0 Å². The summed E-state index contributed by atoms with van der Waals surface area (Å²) in [4.78, 5) is 23.7. The topological polar surface area (TPSA) is 55.4 Å². The maximum absolute atomic E-state index is 11.6. The summed E-state index contributed by atoms with van der Waals surface area (Å²) in [5.74, 6) is -0.274. The molecule has 1 N–H and O–H groups in total. The van der Waals surface area contributed by atoms with Crippen molar-refractivity contribution in [2.75, 3.05) is 12.4 Å². The van der Waals surface area contributed by atoms with E-state index >= 15 is 0 Å². The molecule has 1 saturated heterocycles. The Kier molecular flexibility index (Phi) is 4.49. The summed E-state index contributed by atoms with van der Waals surface area (Å²) in [6.45, 7) is 0.380. The van der Waals surface area contributed by atoms with Gasteiger partial charge in [0.1, 0.15) is 6.04 Å². The van der Waals surface area contributed by atoms with Crippen LogP contribution in [0.15, 0.2) is 29.2 Å². The van der Waals surface area contributed by atoms with E-state index in [1.165, 1.54) is 11.8 Å². The normalized spacial score (nSPS) is 18.5. The summed E-state index contributed by atoms with van der Waals surface area (Å²) in [5.41, 5.74) is 0. The number of cyclic esters (lactones) is 1. The summed E-state index contributed by atoms with van der Waals surface area (Å²) >= 11 is 7.22. The molecule has 0 radical (unpaired) electrons. The molecule has 6 heteroatoms. The number of amides is 1. The van der Waals surface area contributed by atoms with Crippen LogP contribution in [0.25, 0.3) is 0 Å². The van der Waals surface area contributed by atoms with Gasteiger partial charge in [-0.2, -0.15) is 0 Å². The fourth-order valence-electron chi connectivity index (χ4n) is 1.57. The third kappa shape index (κ3) is 3.65. The molecule has 18 heavy (non-hydrogen) atoms. The predicted octanol–water partition coefficient (Wildman–Crippen LogP) is 1.86. The van der Waals surface area contributed by atoms with E-state index in [2.05, 4.69) is 5.32 Å². The van der Waals surface area contributed by atoms with Crippen LogP contribution in [-0.4, -0.2) is 30.3 Å². The number of benzene rings is 1. The molecule has 2 rings (SSSR count). The number of nitrogens with one attached hydrogen (secondary N) is 1. The molecular formula is C12H12ClNO3S. The first-order valence-electron chi connectivity index (χ1n) is 5.49. The summed E-state index contributed by atoms with van der Waals surface area (Å²) in [7, 11) is 0. The van der Waals surface area contributed by atoms with Crippen molar-refractivity contribution in [3.63, 3.8) is 0 Å². The van der Waals surface area contributed by atoms with Gasteiger partial charge in [-0.15, -0.1) is 11.8 Å². The molecule has 1 aliphatic rings. The van der Waals surface area contributed by atoms with E-state index in [0.29, 0.717) is 18.1 Å². The number of hydrogen-bond donors (Lipinski definition) is 1. The molecule has 1 unspecified atom stereocenters. The monoisotopic (exact) mass is 285 g/mol. The molecule has 0 saturated carbocycles. The van der Waals surface area contributed by atoms with Crippen molar-refractivity contribution < 1.29 is 14.3 Å². The minimum Gasteiger partial charge on any atom is -0.464 e. The van der Waals surface area contributed by atoms with Crippen molar-refractivity contribution in [2.45, 2.75) is 17.4 Å². The van der Waals surface area contributed by atoms with Crippen LogP contribution in [0.3, 0.4) is 0 Å². The lowest BCUT2D eigenvalue weighted by molar-refractivity contribution is -0.141. The Hall–Kier alpha value is -1.20. The summed E-state index contributed by atoms with van der Waals surface area (Å²) in [6, 6.07) is 6.80. The van der Waals surface area contributed by atoms with E-state index in [-0.39, 0.29) is 17.6 Å². The molecule has 1 amide bonds. The smallest absolute Gasteiger partial charge is 0.328 e. The van der Waals surface area contributed by atoms with E-state index in [0.717, 1.165) is 4.90 Å². The maximum atomic E-state index is 11.6. The number of ether oxygens (including phenoxy) is 1. The van der Waals surface area contributed by atoms with Gasteiger partial charge in [-0.05, 0) is 18.2 Å². The molecule has 0 aromatic heterocycles. The minimum atomic E-state index is -0.488. The summed E-state index contributed by atoms with van der Waals surface area (Å²) in [5, 5.41) is 3.28. The Morgan fingerprint density at radius 1 is 1.56 bits per heavy atom. The second-order valence-electron chi connectivity index (χ2n) is 3.82. The zero-order chi connectivity index (χ0) is 13.0. The lowest BCUT2D eigenvalue weighted by Crippen LogP contribution is -2.38. The van der Waals surface area contributed by atoms with Gasteiger partial charge in [0.25, 0.3) is 0 Å². The Labute approximate surface area is 114 Å². The molecular weight excluding hydrogens is 274 g/mol. The highest BCUT2D eigenvalue weighted by Gasteiger charge is 2.27. The molecule has 1 atom stereocenters. The van der Waals surface area contributed by atoms with Crippen LogP contribution in [0.1, 0.15) is 6.42 Å². The number of thioether (sulfide) groups is 1. The summed E-state index contributed by atoms with van der Waals surface area (Å²) in [6.07, 6.45) is 0.548. The zero-order valence-electron chi connectivity index (χ0n) is 9.52. The van der Waals surface area contributed by atoms with Gasteiger partial charge in [0, 0.05) is 16.3 Å². The maximum Gasteiger partial charge on any atom is 0.328 e. The van der Waals surface area contributed by atoms with Crippen LogP contribution >= 0.6 is 23.4 Å². The lowest BCUT2D eigenvalue weighted by Gasteiger charge is -2.08. The molecule has 1 aliphatic heterocycles. The molecule has 1 aromatic carbocycles. The molecule has 96 valence electrons. The van der Waals surface area contributed by atoms with Gasteiger partial charge in [-0.25, -0.2) is 4.79 Å². The summed E-state index contributed by atoms with van der Waals surface area (Å²) < 4.78 is 4.77. The number of hydrogen-bond acceptors (Lipinski definition) is 4. The van der Waals surface area contributed by atoms with Crippen molar-refractivity contribution in [3.05, 3.63) is 29.3 Å². The Balaban J connectivity index is 1.79. The van der Waals surface area contributed by atoms with E-state index in [1.807, 2.05) is 12.1 Å². The second kappa shape index (κ2) is 6.11. The number of carbonyl (C=O) groups excluding carboxylic acids is 2. The molecule has 1 fully saturated rings. The molecule has 0 spiro atoms. The van der Waals surface area contributed by atoms with Gasteiger partial charge >= 0.3 is 5.97 Å². The van der Waals surface area contributed by atoms with Crippen LogP contribution < -0.4 is 5.32 Å².